The molecule has 132 valence electrons. The van der Waals surface area contributed by atoms with E-state index in [0.29, 0.717) is 11.5 Å². The predicted molar refractivity (Wildman–Crippen MR) is 104 cm³/mol. The number of aromatic nitrogens is 2. The van der Waals surface area contributed by atoms with E-state index in [1.165, 1.54) is 11.8 Å². The third-order valence-corrected chi connectivity index (χ3v) is 4.11. The van der Waals surface area contributed by atoms with E-state index in [-0.39, 0.29) is 5.91 Å². The van der Waals surface area contributed by atoms with Crippen LogP contribution in [0.25, 0.3) is 0 Å². The number of benzene rings is 2. The normalized spacial score (nSPS) is 10.3. The number of hydrogen-bond donors (Lipinski definition) is 1. The summed E-state index contributed by atoms with van der Waals surface area (Å²) < 4.78 is 0. The highest BCUT2D eigenvalue weighted by molar-refractivity contribution is 6.04. The average Bonchev–Trinajstić information content (AvgIpc) is 2.72. The molecule has 1 amide bonds. The van der Waals surface area contributed by atoms with Crippen molar-refractivity contribution in [1.29, 1.82) is 0 Å². The highest BCUT2D eigenvalue weighted by Crippen LogP contribution is 2.14. The second-order valence-corrected chi connectivity index (χ2v) is 6.00. The zero-order valence-electron chi connectivity index (χ0n) is 14.8. The number of carbonyl (C=O) groups excluding carboxylic acids is 1. The van der Waals surface area contributed by atoms with Crippen LogP contribution in [0.4, 0.5) is 11.5 Å². The van der Waals surface area contributed by atoms with Gasteiger partial charge in [-0.15, -0.1) is 0 Å². The summed E-state index contributed by atoms with van der Waals surface area (Å²) in [4.78, 5) is 22.6. The lowest BCUT2D eigenvalue weighted by Gasteiger charge is -2.16. The van der Waals surface area contributed by atoms with Crippen molar-refractivity contribution < 1.29 is 4.79 Å². The van der Waals surface area contributed by atoms with E-state index in [1.807, 2.05) is 36.4 Å². The predicted octanol–water partition coefficient (Wildman–Crippen LogP) is 3.80. The molecule has 0 radical (unpaired) electrons. The number of rotatable bonds is 7. The highest BCUT2D eigenvalue weighted by atomic mass is 16.2. The van der Waals surface area contributed by atoms with E-state index in [9.17, 15) is 4.79 Å². The first-order valence-electron chi connectivity index (χ1n) is 8.67. The summed E-state index contributed by atoms with van der Waals surface area (Å²) in [5.74, 6) is 0.497. The Labute approximate surface area is 153 Å². The van der Waals surface area contributed by atoms with Crippen molar-refractivity contribution >= 4 is 17.4 Å². The molecule has 3 rings (SSSR count). The van der Waals surface area contributed by atoms with Crippen LogP contribution in [0.1, 0.15) is 22.5 Å². The SMILES string of the molecule is CN(C(=O)c1cnc(NCCCc2ccccc2)cn1)c1ccccc1. The van der Waals surface area contributed by atoms with Crippen LogP contribution < -0.4 is 10.2 Å². The Hall–Kier alpha value is -3.21. The number of amides is 1. The van der Waals surface area contributed by atoms with Crippen molar-refractivity contribution in [3.05, 3.63) is 84.3 Å². The molecule has 5 heteroatoms. The topological polar surface area (TPSA) is 58.1 Å². The molecule has 0 saturated carbocycles. The molecule has 0 unspecified atom stereocenters. The molecular weight excluding hydrogens is 324 g/mol. The fourth-order valence-electron chi connectivity index (χ4n) is 2.62. The molecule has 3 aromatic rings. The Bertz CT molecular complexity index is 820. The van der Waals surface area contributed by atoms with Crippen LogP contribution >= 0.6 is 0 Å². The van der Waals surface area contributed by atoms with Crippen LogP contribution in [0.2, 0.25) is 0 Å². The Morgan fingerprint density at radius 2 is 1.65 bits per heavy atom. The maximum absolute atomic E-state index is 12.5. The molecule has 0 saturated heterocycles. The zero-order chi connectivity index (χ0) is 18.2. The van der Waals surface area contributed by atoms with Gasteiger partial charge in [0.1, 0.15) is 11.5 Å². The molecule has 0 aliphatic carbocycles. The molecular formula is C21H22N4O. The van der Waals surface area contributed by atoms with Gasteiger partial charge >= 0.3 is 0 Å². The summed E-state index contributed by atoms with van der Waals surface area (Å²) in [5.41, 5.74) is 2.47. The Kier molecular flexibility index (Phi) is 5.93. The van der Waals surface area contributed by atoms with E-state index in [4.69, 9.17) is 0 Å². The molecule has 1 N–H and O–H groups in total. The van der Waals surface area contributed by atoms with E-state index >= 15 is 0 Å². The van der Waals surface area contributed by atoms with E-state index in [1.54, 1.807) is 18.1 Å². The molecule has 0 atom stereocenters. The van der Waals surface area contributed by atoms with E-state index in [0.717, 1.165) is 25.1 Å². The quantitative estimate of drug-likeness (QED) is 0.661. The number of nitrogens with one attached hydrogen (secondary N) is 1. The van der Waals surface area contributed by atoms with Crippen LogP contribution in [0.3, 0.4) is 0 Å². The van der Waals surface area contributed by atoms with Gasteiger partial charge in [0.15, 0.2) is 0 Å². The number of para-hydroxylation sites is 1. The maximum Gasteiger partial charge on any atom is 0.278 e. The molecule has 2 aromatic carbocycles. The molecule has 0 aliphatic heterocycles. The van der Waals surface area contributed by atoms with Gasteiger partial charge < -0.3 is 10.2 Å². The maximum atomic E-state index is 12.5. The fraction of sp³-hybridized carbons (Fsp3) is 0.190. The zero-order valence-corrected chi connectivity index (χ0v) is 14.8. The van der Waals surface area contributed by atoms with Crippen LogP contribution in [0, 0.1) is 0 Å². The van der Waals surface area contributed by atoms with Crippen LogP contribution in [0.5, 0.6) is 0 Å². The van der Waals surface area contributed by atoms with Crippen molar-refractivity contribution in [3.63, 3.8) is 0 Å². The smallest absolute Gasteiger partial charge is 0.278 e. The van der Waals surface area contributed by atoms with Gasteiger partial charge in [0.05, 0.1) is 12.4 Å². The van der Waals surface area contributed by atoms with Crippen molar-refractivity contribution in [2.75, 3.05) is 23.8 Å². The molecule has 1 aromatic heterocycles. The molecule has 0 fully saturated rings. The largest absolute Gasteiger partial charge is 0.369 e. The first-order chi connectivity index (χ1) is 12.7. The minimum atomic E-state index is -0.181. The minimum absolute atomic E-state index is 0.181. The van der Waals surface area contributed by atoms with Gasteiger partial charge in [0, 0.05) is 19.3 Å². The lowest BCUT2D eigenvalue weighted by molar-refractivity contribution is 0.0988. The Balaban J connectivity index is 1.51. The van der Waals surface area contributed by atoms with Gasteiger partial charge in [0.25, 0.3) is 5.91 Å². The second kappa shape index (κ2) is 8.76. The summed E-state index contributed by atoms with van der Waals surface area (Å²) in [7, 11) is 1.73. The standard InChI is InChI=1S/C21H22N4O/c1-25(18-12-6-3-7-13-18)21(26)19-15-24-20(16-23-19)22-14-8-11-17-9-4-2-5-10-17/h2-7,9-10,12-13,15-16H,8,11,14H2,1H3,(H,22,24). The van der Waals surface area contributed by atoms with Crippen LogP contribution in [-0.4, -0.2) is 29.5 Å². The number of carbonyl (C=O) groups is 1. The van der Waals surface area contributed by atoms with Crippen molar-refractivity contribution in [2.24, 2.45) is 0 Å². The molecule has 26 heavy (non-hydrogen) atoms. The number of hydrogen-bond acceptors (Lipinski definition) is 4. The van der Waals surface area contributed by atoms with Crippen LogP contribution in [-0.2, 0) is 6.42 Å². The van der Waals surface area contributed by atoms with Gasteiger partial charge in [-0.25, -0.2) is 9.97 Å². The number of anilines is 2. The van der Waals surface area contributed by atoms with E-state index < -0.39 is 0 Å². The molecule has 0 spiro atoms. The van der Waals surface area contributed by atoms with Crippen LogP contribution in [0.15, 0.2) is 73.1 Å². The van der Waals surface area contributed by atoms with Gasteiger partial charge in [-0.3, -0.25) is 4.79 Å². The third kappa shape index (κ3) is 4.66. The van der Waals surface area contributed by atoms with Crippen molar-refractivity contribution in [1.82, 2.24) is 9.97 Å². The summed E-state index contributed by atoms with van der Waals surface area (Å²) in [6.07, 6.45) is 5.14. The first-order valence-corrected chi connectivity index (χ1v) is 8.67. The first kappa shape index (κ1) is 17.6. The average molecular weight is 346 g/mol. The Morgan fingerprint density at radius 1 is 0.962 bits per heavy atom. The lowest BCUT2D eigenvalue weighted by atomic mass is 10.1. The highest BCUT2D eigenvalue weighted by Gasteiger charge is 2.15. The van der Waals surface area contributed by atoms with Gasteiger partial charge in [-0.05, 0) is 30.5 Å². The fourth-order valence-corrected chi connectivity index (χ4v) is 2.62. The molecule has 0 bridgehead atoms. The lowest BCUT2D eigenvalue weighted by Crippen LogP contribution is -2.27. The minimum Gasteiger partial charge on any atom is -0.369 e. The van der Waals surface area contributed by atoms with E-state index in [2.05, 4.69) is 39.6 Å². The summed E-state index contributed by atoms with van der Waals surface area (Å²) >= 11 is 0. The van der Waals surface area contributed by atoms with Gasteiger partial charge in [-0.1, -0.05) is 48.5 Å². The molecule has 0 aliphatic rings. The summed E-state index contributed by atoms with van der Waals surface area (Å²) in [5, 5.41) is 3.24. The van der Waals surface area contributed by atoms with Crippen molar-refractivity contribution in [3.8, 4) is 0 Å². The van der Waals surface area contributed by atoms with Gasteiger partial charge in [-0.2, -0.15) is 0 Å². The monoisotopic (exact) mass is 346 g/mol. The summed E-state index contributed by atoms with van der Waals surface area (Å²) in [6.45, 7) is 0.806. The number of aryl methyl sites for hydroxylation is 1. The Morgan fingerprint density at radius 3 is 2.31 bits per heavy atom. The van der Waals surface area contributed by atoms with Gasteiger partial charge in [0.2, 0.25) is 0 Å². The third-order valence-electron chi connectivity index (χ3n) is 4.11. The second-order valence-electron chi connectivity index (χ2n) is 6.00. The van der Waals surface area contributed by atoms with Crippen molar-refractivity contribution in [2.45, 2.75) is 12.8 Å². The molecule has 5 nitrogen and oxygen atoms in total. The summed E-state index contributed by atoms with van der Waals surface area (Å²) in [6, 6.07) is 19.9. The number of nitrogens with zero attached hydrogens (tertiary/aromatic N) is 3. The molecule has 1 heterocycles.